The van der Waals surface area contributed by atoms with Crippen LogP contribution >= 0.6 is 0 Å². The van der Waals surface area contributed by atoms with E-state index in [1.807, 2.05) is 0 Å². The van der Waals surface area contributed by atoms with Crippen molar-refractivity contribution in [1.29, 1.82) is 0 Å². The number of pyridine rings is 1. The average molecular weight is 571 g/mol. The average Bonchev–Trinajstić information content (AvgIpc) is 2.94. The molecule has 9 nitrogen and oxygen atoms in total. The number of amides is 1. The Labute approximate surface area is 236 Å². The van der Waals surface area contributed by atoms with E-state index in [0.29, 0.717) is 12.8 Å². The van der Waals surface area contributed by atoms with Crippen LogP contribution in [-0.2, 0) is 31.9 Å². The summed E-state index contributed by atoms with van der Waals surface area (Å²) in [5.74, 6) is -2.88. The smallest absolute Gasteiger partial charge is 0.328 e. The first kappa shape index (κ1) is 31.0. The van der Waals surface area contributed by atoms with Gasteiger partial charge in [0.15, 0.2) is 17.2 Å². The quantitative estimate of drug-likeness (QED) is 0.237. The minimum atomic E-state index is -1.07. The molecule has 0 aliphatic carbocycles. The molecule has 1 N–H and O–H groups in total. The van der Waals surface area contributed by atoms with Crippen molar-refractivity contribution in [3.05, 3.63) is 89.2 Å². The standard InChI is InChI=1S/C30H32F2N2O7/c1-18(34-29(36)27-28(40-17-39-20(3)35)26(38-4)13-14-33-27)30(37)41-19(2)23(15-21-5-9-24(31)10-6-21)16-22-7-11-25(32)12-8-22/h5-14,18-19,23H,15-17H2,1-4H3,(H,34,36)/t18-,19?/m0/s1. The van der Waals surface area contributed by atoms with Gasteiger partial charge in [-0.2, -0.15) is 0 Å². The summed E-state index contributed by atoms with van der Waals surface area (Å²) in [6, 6.07) is 12.5. The van der Waals surface area contributed by atoms with E-state index in [9.17, 15) is 23.2 Å². The lowest BCUT2D eigenvalue weighted by molar-refractivity contribution is -0.152. The molecular weight excluding hydrogens is 538 g/mol. The maximum atomic E-state index is 13.4. The number of hydrogen-bond acceptors (Lipinski definition) is 8. The van der Waals surface area contributed by atoms with Gasteiger partial charge in [0.2, 0.25) is 6.79 Å². The fourth-order valence-corrected chi connectivity index (χ4v) is 4.02. The highest BCUT2D eigenvalue weighted by molar-refractivity contribution is 5.98. The molecule has 1 aromatic heterocycles. The summed E-state index contributed by atoms with van der Waals surface area (Å²) < 4.78 is 48.0. The normalized spacial score (nSPS) is 12.3. The van der Waals surface area contributed by atoms with E-state index < -0.39 is 36.8 Å². The van der Waals surface area contributed by atoms with Gasteiger partial charge in [0.05, 0.1) is 7.11 Å². The number of halogens is 2. The second-order valence-corrected chi connectivity index (χ2v) is 9.35. The summed E-state index contributed by atoms with van der Waals surface area (Å²) in [5.41, 5.74) is 1.50. The van der Waals surface area contributed by atoms with Gasteiger partial charge in [-0.25, -0.2) is 18.6 Å². The van der Waals surface area contributed by atoms with Crippen LogP contribution in [0.1, 0.15) is 42.4 Å². The van der Waals surface area contributed by atoms with Crippen molar-refractivity contribution in [2.45, 2.75) is 45.8 Å². The molecule has 1 unspecified atom stereocenters. The van der Waals surface area contributed by atoms with Gasteiger partial charge in [-0.15, -0.1) is 0 Å². The van der Waals surface area contributed by atoms with Crippen LogP contribution in [0.5, 0.6) is 11.5 Å². The number of carbonyl (C=O) groups is 3. The predicted molar refractivity (Wildman–Crippen MR) is 144 cm³/mol. The van der Waals surface area contributed by atoms with E-state index in [-0.39, 0.29) is 34.7 Å². The highest BCUT2D eigenvalue weighted by Crippen LogP contribution is 2.29. The van der Waals surface area contributed by atoms with Gasteiger partial charge >= 0.3 is 11.9 Å². The van der Waals surface area contributed by atoms with Gasteiger partial charge in [-0.3, -0.25) is 9.59 Å². The number of methoxy groups -OCH3 is 1. The number of carbonyl (C=O) groups excluding carboxylic acids is 3. The van der Waals surface area contributed by atoms with Gasteiger partial charge in [0, 0.05) is 25.1 Å². The third kappa shape index (κ3) is 9.26. The highest BCUT2D eigenvalue weighted by Gasteiger charge is 2.28. The van der Waals surface area contributed by atoms with E-state index in [2.05, 4.69) is 10.3 Å². The summed E-state index contributed by atoms with van der Waals surface area (Å²) in [5, 5.41) is 2.54. The van der Waals surface area contributed by atoms with Crippen LogP contribution < -0.4 is 14.8 Å². The molecule has 0 fully saturated rings. The Morgan fingerprint density at radius 1 is 0.902 bits per heavy atom. The third-order valence-corrected chi connectivity index (χ3v) is 6.26. The SMILES string of the molecule is COc1ccnc(C(=O)N[C@@H](C)C(=O)OC(C)C(Cc2ccc(F)cc2)Cc2ccc(F)cc2)c1OCOC(C)=O. The minimum absolute atomic E-state index is 0.0682. The van der Waals surface area contributed by atoms with Crippen molar-refractivity contribution in [3.63, 3.8) is 0 Å². The number of rotatable bonds is 13. The van der Waals surface area contributed by atoms with Gasteiger partial charge in [0.1, 0.15) is 23.8 Å². The molecule has 0 radical (unpaired) electrons. The van der Waals surface area contributed by atoms with E-state index in [4.69, 9.17) is 18.9 Å². The fraction of sp³-hybridized carbons (Fsp3) is 0.333. The maximum absolute atomic E-state index is 13.4. The number of nitrogens with zero attached hydrogens (tertiary/aromatic N) is 1. The fourth-order valence-electron chi connectivity index (χ4n) is 4.02. The van der Waals surface area contributed by atoms with Gasteiger partial charge in [-0.1, -0.05) is 24.3 Å². The Kier molecular flexibility index (Phi) is 11.1. The van der Waals surface area contributed by atoms with Crippen molar-refractivity contribution < 1.29 is 42.1 Å². The maximum Gasteiger partial charge on any atom is 0.328 e. The van der Waals surface area contributed by atoms with Crippen LogP contribution in [-0.4, -0.2) is 48.9 Å². The summed E-state index contributed by atoms with van der Waals surface area (Å²) in [7, 11) is 1.37. The number of benzene rings is 2. The van der Waals surface area contributed by atoms with Crippen molar-refractivity contribution in [2.24, 2.45) is 5.92 Å². The van der Waals surface area contributed by atoms with E-state index >= 15 is 0 Å². The zero-order valence-corrected chi connectivity index (χ0v) is 23.2. The lowest BCUT2D eigenvalue weighted by Crippen LogP contribution is -2.42. The molecule has 1 heterocycles. The largest absolute Gasteiger partial charge is 0.493 e. The van der Waals surface area contributed by atoms with E-state index in [1.54, 1.807) is 31.2 Å². The van der Waals surface area contributed by atoms with Crippen molar-refractivity contribution in [3.8, 4) is 11.5 Å². The number of nitrogens with one attached hydrogen (secondary N) is 1. The second-order valence-electron chi connectivity index (χ2n) is 9.35. The van der Waals surface area contributed by atoms with Gasteiger partial charge in [0.25, 0.3) is 5.91 Å². The Morgan fingerprint density at radius 3 is 1.98 bits per heavy atom. The first-order valence-corrected chi connectivity index (χ1v) is 12.9. The van der Waals surface area contributed by atoms with Crippen LogP contribution in [0.2, 0.25) is 0 Å². The number of ether oxygens (including phenoxy) is 4. The molecule has 0 spiro atoms. The highest BCUT2D eigenvalue weighted by atomic mass is 19.1. The third-order valence-electron chi connectivity index (χ3n) is 6.26. The van der Waals surface area contributed by atoms with Crippen LogP contribution in [0.3, 0.4) is 0 Å². The van der Waals surface area contributed by atoms with Crippen LogP contribution in [0.4, 0.5) is 8.78 Å². The summed E-state index contributed by atoms with van der Waals surface area (Å²) >= 11 is 0. The Morgan fingerprint density at radius 2 is 1.46 bits per heavy atom. The lowest BCUT2D eigenvalue weighted by Gasteiger charge is -2.26. The zero-order chi connectivity index (χ0) is 29.9. The molecule has 11 heteroatoms. The first-order valence-electron chi connectivity index (χ1n) is 12.9. The van der Waals surface area contributed by atoms with E-state index in [1.165, 1.54) is 57.5 Å². The molecule has 3 aromatic rings. The molecule has 1 amide bonds. The molecule has 0 saturated carbocycles. The number of hydrogen-bond donors (Lipinski definition) is 1. The summed E-state index contributed by atoms with van der Waals surface area (Å²) in [6.45, 7) is 3.92. The summed E-state index contributed by atoms with van der Waals surface area (Å²) in [4.78, 5) is 41.1. The van der Waals surface area contributed by atoms with Crippen LogP contribution in [0, 0.1) is 17.6 Å². The minimum Gasteiger partial charge on any atom is -0.493 e. The lowest BCUT2D eigenvalue weighted by atomic mass is 9.88. The van der Waals surface area contributed by atoms with Crippen molar-refractivity contribution in [2.75, 3.05) is 13.9 Å². The van der Waals surface area contributed by atoms with E-state index in [0.717, 1.165) is 11.1 Å². The molecule has 218 valence electrons. The molecule has 0 saturated heterocycles. The van der Waals surface area contributed by atoms with Gasteiger partial charge < -0.3 is 24.3 Å². The van der Waals surface area contributed by atoms with Crippen LogP contribution in [0.25, 0.3) is 0 Å². The van der Waals surface area contributed by atoms with Crippen molar-refractivity contribution in [1.82, 2.24) is 10.3 Å². The number of aromatic nitrogens is 1. The van der Waals surface area contributed by atoms with Crippen molar-refractivity contribution >= 4 is 17.8 Å². The Balaban J connectivity index is 1.70. The molecule has 0 aliphatic rings. The predicted octanol–water partition coefficient (Wildman–Crippen LogP) is 4.42. The first-order chi connectivity index (χ1) is 19.6. The molecule has 41 heavy (non-hydrogen) atoms. The molecular formula is C30H32F2N2O7. The molecule has 0 aliphatic heterocycles. The zero-order valence-electron chi connectivity index (χ0n) is 23.2. The molecule has 0 bridgehead atoms. The monoisotopic (exact) mass is 570 g/mol. The topological polar surface area (TPSA) is 113 Å². The molecule has 3 rings (SSSR count). The Hall–Kier alpha value is -4.54. The molecule has 2 aromatic carbocycles. The summed E-state index contributed by atoms with van der Waals surface area (Å²) in [6.07, 6.45) is 1.63. The number of esters is 2. The van der Waals surface area contributed by atoms with Crippen LogP contribution in [0.15, 0.2) is 60.8 Å². The Bertz CT molecular complexity index is 1290. The second kappa shape index (κ2) is 14.7. The molecule has 2 atom stereocenters. The van der Waals surface area contributed by atoms with Gasteiger partial charge in [-0.05, 0) is 62.1 Å².